The van der Waals surface area contributed by atoms with E-state index in [9.17, 15) is 9.59 Å². The van der Waals surface area contributed by atoms with Crippen molar-refractivity contribution in [3.63, 3.8) is 0 Å². The van der Waals surface area contributed by atoms with Crippen LogP contribution in [0.5, 0.6) is 0 Å². The van der Waals surface area contributed by atoms with Gasteiger partial charge in [-0.05, 0) is 26.3 Å². The number of carbonyl (C=O) groups excluding carboxylic acids is 2. The Balaban J connectivity index is 2.08. The quantitative estimate of drug-likeness (QED) is 0.759. The number of carbonyl (C=O) groups is 2. The van der Waals surface area contributed by atoms with E-state index in [1.807, 2.05) is 51.1 Å². The predicted octanol–water partition coefficient (Wildman–Crippen LogP) is 1.66. The molecular formula is C15H20N2O2. The van der Waals surface area contributed by atoms with E-state index in [-0.39, 0.29) is 5.54 Å². The molecule has 0 N–H and O–H groups in total. The summed E-state index contributed by atoms with van der Waals surface area (Å²) >= 11 is 0. The van der Waals surface area contributed by atoms with Gasteiger partial charge >= 0.3 is 11.8 Å². The number of nitrogens with zero attached hydrogens (tertiary/aromatic N) is 2. The first-order valence-corrected chi connectivity index (χ1v) is 6.54. The fourth-order valence-corrected chi connectivity index (χ4v) is 2.27. The molecule has 19 heavy (non-hydrogen) atoms. The van der Waals surface area contributed by atoms with Crippen molar-refractivity contribution >= 4 is 11.8 Å². The maximum absolute atomic E-state index is 12.1. The van der Waals surface area contributed by atoms with Gasteiger partial charge in [0.1, 0.15) is 0 Å². The summed E-state index contributed by atoms with van der Waals surface area (Å²) in [4.78, 5) is 27.5. The van der Waals surface area contributed by atoms with E-state index in [1.165, 1.54) is 0 Å². The van der Waals surface area contributed by atoms with Crippen molar-refractivity contribution in [2.45, 2.75) is 32.9 Å². The second-order valence-electron chi connectivity index (χ2n) is 5.84. The third-order valence-electron chi connectivity index (χ3n) is 3.33. The van der Waals surface area contributed by atoms with Crippen molar-refractivity contribution in [1.29, 1.82) is 0 Å². The van der Waals surface area contributed by atoms with Crippen molar-refractivity contribution in [3.8, 4) is 0 Å². The second kappa shape index (κ2) is 5.03. The molecule has 2 rings (SSSR count). The molecule has 1 heterocycles. The van der Waals surface area contributed by atoms with E-state index < -0.39 is 11.8 Å². The SMILES string of the molecule is CC(C)(C)N1CCN(Cc2ccccc2)C(=O)C1=O. The smallest absolute Gasteiger partial charge is 0.312 e. The van der Waals surface area contributed by atoms with Crippen LogP contribution in [0.3, 0.4) is 0 Å². The molecule has 0 aliphatic carbocycles. The fraction of sp³-hybridized carbons (Fsp3) is 0.467. The minimum Gasteiger partial charge on any atom is -0.328 e. The van der Waals surface area contributed by atoms with Gasteiger partial charge in [-0.2, -0.15) is 0 Å². The molecule has 4 heteroatoms. The van der Waals surface area contributed by atoms with Gasteiger partial charge in [-0.3, -0.25) is 9.59 Å². The van der Waals surface area contributed by atoms with Gasteiger partial charge in [-0.15, -0.1) is 0 Å². The summed E-state index contributed by atoms with van der Waals surface area (Å²) in [5.41, 5.74) is 0.749. The topological polar surface area (TPSA) is 40.6 Å². The summed E-state index contributed by atoms with van der Waals surface area (Å²) in [5.74, 6) is -0.792. The fourth-order valence-electron chi connectivity index (χ4n) is 2.27. The number of piperazine rings is 1. The zero-order chi connectivity index (χ0) is 14.0. The Labute approximate surface area is 114 Å². The summed E-state index contributed by atoms with van der Waals surface area (Å²) in [6.07, 6.45) is 0. The maximum atomic E-state index is 12.1. The van der Waals surface area contributed by atoms with E-state index >= 15 is 0 Å². The zero-order valence-electron chi connectivity index (χ0n) is 11.7. The summed E-state index contributed by atoms with van der Waals surface area (Å²) in [5, 5.41) is 0. The molecule has 0 bridgehead atoms. The largest absolute Gasteiger partial charge is 0.328 e. The molecule has 0 atom stereocenters. The average Bonchev–Trinajstić information content (AvgIpc) is 2.35. The zero-order valence-corrected chi connectivity index (χ0v) is 11.7. The van der Waals surface area contributed by atoms with Crippen LogP contribution < -0.4 is 0 Å². The molecule has 102 valence electrons. The lowest BCUT2D eigenvalue weighted by Gasteiger charge is -2.41. The molecule has 0 radical (unpaired) electrons. The van der Waals surface area contributed by atoms with Gasteiger partial charge in [-0.1, -0.05) is 30.3 Å². The average molecular weight is 260 g/mol. The highest BCUT2D eigenvalue weighted by atomic mass is 16.2. The monoisotopic (exact) mass is 260 g/mol. The van der Waals surface area contributed by atoms with Crippen LogP contribution in [0, 0.1) is 0 Å². The van der Waals surface area contributed by atoms with Crippen molar-refractivity contribution in [2.24, 2.45) is 0 Å². The van der Waals surface area contributed by atoms with Gasteiger partial charge < -0.3 is 9.80 Å². The van der Waals surface area contributed by atoms with E-state index in [1.54, 1.807) is 9.80 Å². The highest BCUT2D eigenvalue weighted by Gasteiger charge is 2.37. The van der Waals surface area contributed by atoms with Crippen LogP contribution in [0.2, 0.25) is 0 Å². The first-order valence-electron chi connectivity index (χ1n) is 6.54. The number of rotatable bonds is 2. The van der Waals surface area contributed by atoms with Gasteiger partial charge in [0.05, 0.1) is 0 Å². The molecule has 0 unspecified atom stereocenters. The Kier molecular flexibility index (Phi) is 3.60. The molecule has 1 aromatic rings. The molecular weight excluding hydrogens is 240 g/mol. The van der Waals surface area contributed by atoms with Gasteiger partial charge in [0.25, 0.3) is 0 Å². The third-order valence-corrected chi connectivity index (χ3v) is 3.33. The highest BCUT2D eigenvalue weighted by Crippen LogP contribution is 2.18. The molecule has 4 nitrogen and oxygen atoms in total. The Hall–Kier alpha value is -1.84. The van der Waals surface area contributed by atoms with Crippen molar-refractivity contribution in [1.82, 2.24) is 9.80 Å². The van der Waals surface area contributed by atoms with Crippen molar-refractivity contribution < 1.29 is 9.59 Å². The molecule has 1 aliphatic rings. The van der Waals surface area contributed by atoms with Crippen LogP contribution in [-0.4, -0.2) is 40.2 Å². The van der Waals surface area contributed by atoms with E-state index in [2.05, 4.69) is 0 Å². The summed E-state index contributed by atoms with van der Waals surface area (Å²) in [6, 6.07) is 9.75. The second-order valence-corrected chi connectivity index (χ2v) is 5.84. The van der Waals surface area contributed by atoms with Crippen molar-refractivity contribution in [2.75, 3.05) is 13.1 Å². The highest BCUT2D eigenvalue weighted by molar-refractivity contribution is 6.35. The number of benzene rings is 1. The van der Waals surface area contributed by atoms with E-state index in [0.717, 1.165) is 5.56 Å². The first-order chi connectivity index (χ1) is 8.89. The van der Waals surface area contributed by atoms with Crippen LogP contribution in [0.15, 0.2) is 30.3 Å². The Morgan fingerprint density at radius 3 is 2.21 bits per heavy atom. The van der Waals surface area contributed by atoms with Gasteiger partial charge in [0.2, 0.25) is 0 Å². The van der Waals surface area contributed by atoms with E-state index in [0.29, 0.717) is 19.6 Å². The summed E-state index contributed by atoms with van der Waals surface area (Å²) in [6.45, 7) is 7.54. The molecule has 0 saturated carbocycles. The lowest BCUT2D eigenvalue weighted by molar-refractivity contribution is -0.160. The predicted molar refractivity (Wildman–Crippen MR) is 73.3 cm³/mol. The lowest BCUT2D eigenvalue weighted by atomic mass is 10.0. The molecule has 1 aliphatic heterocycles. The Morgan fingerprint density at radius 2 is 1.63 bits per heavy atom. The standard InChI is InChI=1S/C15H20N2O2/c1-15(2,3)17-10-9-16(13(18)14(17)19)11-12-7-5-4-6-8-12/h4-8H,9-11H2,1-3H3. The maximum Gasteiger partial charge on any atom is 0.312 e. The molecule has 1 aromatic carbocycles. The molecule has 1 fully saturated rings. The van der Waals surface area contributed by atoms with Crippen LogP contribution in [0.25, 0.3) is 0 Å². The third kappa shape index (κ3) is 2.95. The normalized spacial score (nSPS) is 17.0. The summed E-state index contributed by atoms with van der Waals surface area (Å²) in [7, 11) is 0. The van der Waals surface area contributed by atoms with E-state index in [4.69, 9.17) is 0 Å². The summed E-state index contributed by atoms with van der Waals surface area (Å²) < 4.78 is 0. The van der Waals surface area contributed by atoms with Crippen molar-refractivity contribution in [3.05, 3.63) is 35.9 Å². The number of hydrogen-bond acceptors (Lipinski definition) is 2. The van der Waals surface area contributed by atoms with Crippen LogP contribution in [0.1, 0.15) is 26.3 Å². The number of amides is 2. The van der Waals surface area contributed by atoms with Crippen LogP contribution in [0.4, 0.5) is 0 Å². The molecule has 2 amide bonds. The minimum atomic E-state index is -0.398. The van der Waals surface area contributed by atoms with Gasteiger partial charge in [0, 0.05) is 25.2 Å². The van der Waals surface area contributed by atoms with Crippen LogP contribution in [-0.2, 0) is 16.1 Å². The minimum absolute atomic E-state index is 0.300. The first kappa shape index (κ1) is 13.6. The Bertz CT molecular complexity index is 477. The lowest BCUT2D eigenvalue weighted by Crippen LogP contribution is -2.59. The molecule has 1 saturated heterocycles. The molecule has 0 spiro atoms. The Morgan fingerprint density at radius 1 is 1.00 bits per heavy atom. The molecule has 0 aromatic heterocycles. The van der Waals surface area contributed by atoms with Gasteiger partial charge in [-0.25, -0.2) is 0 Å². The van der Waals surface area contributed by atoms with Gasteiger partial charge in [0.15, 0.2) is 0 Å². The number of hydrogen-bond donors (Lipinski definition) is 0. The van der Waals surface area contributed by atoms with Crippen LogP contribution >= 0.6 is 0 Å².